The third kappa shape index (κ3) is 3.53. The molecule has 1 heterocycles. The van der Waals surface area contributed by atoms with Crippen LogP contribution in [-0.2, 0) is 14.8 Å². The molecule has 1 aliphatic rings. The van der Waals surface area contributed by atoms with E-state index >= 15 is 0 Å². The standard InChI is InChI=1S/C19H23NO3S/c1-14-4-6-17(7-5-14)18-8-10-19(11-9-18)24(21,22)20-12-15(2)23-16(3)13-20/h4-11,15-16H,12-13H2,1-3H3/t15-,16-/m0/s1. The van der Waals surface area contributed by atoms with Gasteiger partial charge in [-0.25, -0.2) is 8.42 Å². The van der Waals surface area contributed by atoms with E-state index in [0.29, 0.717) is 18.0 Å². The van der Waals surface area contributed by atoms with Gasteiger partial charge >= 0.3 is 0 Å². The first-order valence-electron chi connectivity index (χ1n) is 8.19. The van der Waals surface area contributed by atoms with Gasteiger partial charge in [-0.2, -0.15) is 4.31 Å². The lowest BCUT2D eigenvalue weighted by molar-refractivity contribution is -0.0440. The van der Waals surface area contributed by atoms with Crippen LogP contribution in [0.3, 0.4) is 0 Å². The van der Waals surface area contributed by atoms with Crippen molar-refractivity contribution in [3.05, 3.63) is 54.1 Å². The summed E-state index contributed by atoms with van der Waals surface area (Å²) < 4.78 is 32.8. The Hall–Kier alpha value is -1.69. The van der Waals surface area contributed by atoms with Crippen LogP contribution in [0.5, 0.6) is 0 Å². The van der Waals surface area contributed by atoms with E-state index < -0.39 is 10.0 Å². The Bertz CT molecular complexity index is 788. The zero-order valence-electron chi connectivity index (χ0n) is 14.3. The second-order valence-electron chi connectivity index (χ2n) is 6.47. The maximum Gasteiger partial charge on any atom is 0.243 e. The van der Waals surface area contributed by atoms with Gasteiger partial charge in [-0.1, -0.05) is 42.0 Å². The van der Waals surface area contributed by atoms with Crippen LogP contribution in [0.2, 0.25) is 0 Å². The molecule has 0 unspecified atom stereocenters. The van der Waals surface area contributed by atoms with Crippen molar-refractivity contribution in [3.63, 3.8) is 0 Å². The molecule has 24 heavy (non-hydrogen) atoms. The molecule has 0 spiro atoms. The van der Waals surface area contributed by atoms with Crippen molar-refractivity contribution in [3.8, 4) is 11.1 Å². The first-order chi connectivity index (χ1) is 11.4. The van der Waals surface area contributed by atoms with Crippen LogP contribution in [0.25, 0.3) is 11.1 Å². The number of sulfonamides is 1. The van der Waals surface area contributed by atoms with E-state index in [1.54, 1.807) is 12.1 Å². The van der Waals surface area contributed by atoms with Crippen LogP contribution in [0.15, 0.2) is 53.4 Å². The first kappa shape index (κ1) is 17.1. The van der Waals surface area contributed by atoms with Gasteiger partial charge in [-0.3, -0.25) is 0 Å². The summed E-state index contributed by atoms with van der Waals surface area (Å²) >= 11 is 0. The summed E-state index contributed by atoms with van der Waals surface area (Å²) in [5, 5.41) is 0. The molecule has 0 amide bonds. The van der Waals surface area contributed by atoms with Gasteiger partial charge in [-0.05, 0) is 44.0 Å². The molecule has 2 aromatic rings. The van der Waals surface area contributed by atoms with Crippen molar-refractivity contribution in [1.82, 2.24) is 4.31 Å². The highest BCUT2D eigenvalue weighted by Gasteiger charge is 2.32. The van der Waals surface area contributed by atoms with Crippen molar-refractivity contribution in [2.24, 2.45) is 0 Å². The van der Waals surface area contributed by atoms with Gasteiger partial charge in [0.05, 0.1) is 17.1 Å². The molecular weight excluding hydrogens is 322 g/mol. The monoisotopic (exact) mass is 345 g/mol. The Morgan fingerprint density at radius 2 is 1.33 bits per heavy atom. The topological polar surface area (TPSA) is 46.6 Å². The van der Waals surface area contributed by atoms with Gasteiger partial charge in [0.15, 0.2) is 0 Å². The van der Waals surface area contributed by atoms with Crippen LogP contribution in [0.4, 0.5) is 0 Å². The second kappa shape index (κ2) is 6.67. The SMILES string of the molecule is Cc1ccc(-c2ccc(S(=O)(=O)N3C[C@H](C)O[C@@H](C)C3)cc2)cc1. The molecule has 0 aliphatic carbocycles. The highest BCUT2D eigenvalue weighted by Crippen LogP contribution is 2.25. The Balaban J connectivity index is 1.85. The summed E-state index contributed by atoms with van der Waals surface area (Å²) in [4.78, 5) is 0.333. The first-order valence-corrected chi connectivity index (χ1v) is 9.63. The average molecular weight is 345 g/mol. The maximum absolute atomic E-state index is 12.8. The molecule has 0 radical (unpaired) electrons. The molecule has 4 nitrogen and oxygen atoms in total. The van der Waals surface area contributed by atoms with Crippen LogP contribution < -0.4 is 0 Å². The third-order valence-corrected chi connectivity index (χ3v) is 6.11. The quantitative estimate of drug-likeness (QED) is 0.856. The highest BCUT2D eigenvalue weighted by atomic mass is 32.2. The van der Waals surface area contributed by atoms with Crippen molar-refractivity contribution in [2.75, 3.05) is 13.1 Å². The number of hydrogen-bond acceptors (Lipinski definition) is 3. The molecule has 1 aliphatic heterocycles. The minimum absolute atomic E-state index is 0.0876. The van der Waals surface area contributed by atoms with Gasteiger partial charge in [0.1, 0.15) is 0 Å². The lowest BCUT2D eigenvalue weighted by atomic mass is 10.0. The Morgan fingerprint density at radius 3 is 1.83 bits per heavy atom. The molecule has 0 saturated carbocycles. The normalized spacial score (nSPS) is 22.5. The van der Waals surface area contributed by atoms with Crippen LogP contribution in [0.1, 0.15) is 19.4 Å². The molecule has 0 bridgehead atoms. The van der Waals surface area contributed by atoms with Gasteiger partial charge < -0.3 is 4.74 Å². The summed E-state index contributed by atoms with van der Waals surface area (Å²) in [6, 6.07) is 15.3. The summed E-state index contributed by atoms with van der Waals surface area (Å²) in [7, 11) is -3.48. The number of rotatable bonds is 3. The van der Waals surface area contributed by atoms with E-state index in [9.17, 15) is 8.42 Å². The fourth-order valence-electron chi connectivity index (χ4n) is 3.04. The number of ether oxygens (including phenoxy) is 1. The van der Waals surface area contributed by atoms with E-state index in [0.717, 1.165) is 11.1 Å². The molecule has 5 heteroatoms. The largest absolute Gasteiger partial charge is 0.373 e. The zero-order chi connectivity index (χ0) is 17.3. The van der Waals surface area contributed by atoms with E-state index in [1.807, 2.05) is 45.0 Å². The predicted octanol–water partition coefficient (Wildman–Crippen LogP) is 3.46. The van der Waals surface area contributed by atoms with Crippen molar-refractivity contribution >= 4 is 10.0 Å². The number of nitrogens with zero attached hydrogens (tertiary/aromatic N) is 1. The van der Waals surface area contributed by atoms with Crippen LogP contribution >= 0.6 is 0 Å². The number of morpholine rings is 1. The van der Waals surface area contributed by atoms with E-state index in [-0.39, 0.29) is 12.2 Å². The molecule has 0 N–H and O–H groups in total. The second-order valence-corrected chi connectivity index (χ2v) is 8.41. The lowest BCUT2D eigenvalue weighted by Gasteiger charge is -2.34. The molecule has 1 fully saturated rings. The molecule has 0 aromatic heterocycles. The van der Waals surface area contributed by atoms with Gasteiger partial charge in [0.25, 0.3) is 0 Å². The van der Waals surface area contributed by atoms with E-state index in [4.69, 9.17) is 4.74 Å². The fourth-order valence-corrected chi connectivity index (χ4v) is 4.63. The Kier molecular flexibility index (Phi) is 4.76. The van der Waals surface area contributed by atoms with Crippen molar-refractivity contribution in [2.45, 2.75) is 37.9 Å². The molecule has 1 saturated heterocycles. The Morgan fingerprint density at radius 1 is 0.875 bits per heavy atom. The Labute approximate surface area is 144 Å². The molecule has 3 rings (SSSR count). The van der Waals surface area contributed by atoms with Gasteiger partial charge in [-0.15, -0.1) is 0 Å². The van der Waals surface area contributed by atoms with E-state index in [2.05, 4.69) is 12.1 Å². The minimum Gasteiger partial charge on any atom is -0.373 e. The molecule has 2 aromatic carbocycles. The fraction of sp³-hybridized carbons (Fsp3) is 0.368. The number of hydrogen-bond donors (Lipinski definition) is 0. The van der Waals surface area contributed by atoms with Crippen molar-refractivity contribution in [1.29, 1.82) is 0 Å². The number of aryl methyl sites for hydroxylation is 1. The molecular formula is C19H23NO3S. The van der Waals surface area contributed by atoms with E-state index in [1.165, 1.54) is 9.87 Å². The highest BCUT2D eigenvalue weighted by molar-refractivity contribution is 7.89. The maximum atomic E-state index is 12.8. The van der Waals surface area contributed by atoms with Crippen molar-refractivity contribution < 1.29 is 13.2 Å². The summed E-state index contributed by atoms with van der Waals surface area (Å²) in [6.07, 6.45) is -0.175. The summed E-state index contributed by atoms with van der Waals surface area (Å²) in [6.45, 7) is 6.64. The third-order valence-electron chi connectivity index (χ3n) is 4.26. The molecule has 2 atom stereocenters. The average Bonchev–Trinajstić information content (AvgIpc) is 2.55. The summed E-state index contributed by atoms with van der Waals surface area (Å²) in [5.74, 6) is 0. The van der Waals surface area contributed by atoms with Crippen LogP contribution in [-0.4, -0.2) is 38.0 Å². The lowest BCUT2D eigenvalue weighted by Crippen LogP contribution is -2.48. The minimum atomic E-state index is -3.48. The number of benzene rings is 2. The predicted molar refractivity (Wildman–Crippen MR) is 95.4 cm³/mol. The summed E-state index contributed by atoms with van der Waals surface area (Å²) in [5.41, 5.74) is 3.30. The van der Waals surface area contributed by atoms with Gasteiger partial charge in [0.2, 0.25) is 10.0 Å². The van der Waals surface area contributed by atoms with Gasteiger partial charge in [0, 0.05) is 13.1 Å². The zero-order valence-corrected chi connectivity index (χ0v) is 15.1. The smallest absolute Gasteiger partial charge is 0.243 e. The van der Waals surface area contributed by atoms with Crippen LogP contribution in [0, 0.1) is 6.92 Å². The molecule has 128 valence electrons.